The van der Waals surface area contributed by atoms with Gasteiger partial charge in [0.05, 0.1) is 18.5 Å². The Balaban J connectivity index is 0.00000103. The summed E-state index contributed by atoms with van der Waals surface area (Å²) in [6.45, 7) is 7.70. The Morgan fingerprint density at radius 1 is 1.12 bits per heavy atom. The van der Waals surface area contributed by atoms with E-state index in [1.807, 2.05) is 6.07 Å². The number of benzene rings is 1. The number of para-hydroxylation sites is 1. The number of carbonyl (C=O) groups excluding carboxylic acids is 4. The molecule has 0 bridgehead atoms. The second-order valence-corrected chi connectivity index (χ2v) is 12.3. The van der Waals surface area contributed by atoms with Crippen LogP contribution >= 0.6 is 0 Å². The molecule has 3 atom stereocenters. The minimum absolute atomic E-state index is 0.0363. The molecule has 1 aromatic rings. The summed E-state index contributed by atoms with van der Waals surface area (Å²) < 4.78 is 14.9. The van der Waals surface area contributed by atoms with Gasteiger partial charge in [-0.2, -0.15) is 5.26 Å². The van der Waals surface area contributed by atoms with Crippen molar-refractivity contribution in [2.45, 2.75) is 84.0 Å². The van der Waals surface area contributed by atoms with Crippen LogP contribution in [0.4, 0.5) is 10.1 Å². The van der Waals surface area contributed by atoms with Gasteiger partial charge in [0.2, 0.25) is 17.7 Å². The Kier molecular flexibility index (Phi) is 9.93. The molecule has 2 N–H and O–H groups in total. The molecule has 4 amide bonds. The lowest BCUT2D eigenvalue weighted by atomic mass is 9.50. The number of likely N-dealkylation sites (N-methyl/N-ethyl adjacent to an activating group) is 1. The van der Waals surface area contributed by atoms with Crippen LogP contribution in [0.2, 0.25) is 0 Å². The highest BCUT2D eigenvalue weighted by Gasteiger charge is 2.61. The van der Waals surface area contributed by atoms with Gasteiger partial charge in [-0.25, -0.2) is 4.39 Å². The third-order valence-electron chi connectivity index (χ3n) is 7.78. The molecule has 3 unspecified atom stereocenters. The van der Waals surface area contributed by atoms with Crippen LogP contribution in [-0.4, -0.2) is 71.3 Å². The van der Waals surface area contributed by atoms with E-state index >= 15 is 0 Å². The van der Waals surface area contributed by atoms with E-state index in [1.54, 1.807) is 24.3 Å². The molecule has 218 valence electrons. The van der Waals surface area contributed by atoms with Crippen molar-refractivity contribution in [1.29, 1.82) is 5.26 Å². The lowest BCUT2D eigenvalue weighted by Crippen LogP contribution is -2.62. The predicted octanol–water partition coefficient (Wildman–Crippen LogP) is 3.66. The van der Waals surface area contributed by atoms with E-state index in [9.17, 15) is 28.8 Å². The highest BCUT2D eigenvalue weighted by Crippen LogP contribution is 2.61. The smallest absolute Gasteiger partial charge is 0.258 e. The average molecular weight is 556 g/mol. The van der Waals surface area contributed by atoms with Gasteiger partial charge in [-0.05, 0) is 62.5 Å². The van der Waals surface area contributed by atoms with Crippen LogP contribution in [0.5, 0.6) is 0 Å². The summed E-state index contributed by atoms with van der Waals surface area (Å²) in [6, 6.07) is 9.18. The van der Waals surface area contributed by atoms with E-state index in [-0.39, 0.29) is 43.7 Å². The van der Waals surface area contributed by atoms with Crippen molar-refractivity contribution in [2.75, 3.05) is 25.5 Å². The number of amides is 4. The van der Waals surface area contributed by atoms with Gasteiger partial charge in [0, 0.05) is 19.3 Å². The van der Waals surface area contributed by atoms with Crippen LogP contribution in [0, 0.1) is 28.6 Å². The number of carbonyl (C=O) groups is 4. The maximum absolute atomic E-state index is 14.9. The van der Waals surface area contributed by atoms with Crippen molar-refractivity contribution < 1.29 is 23.6 Å². The van der Waals surface area contributed by atoms with Crippen LogP contribution in [-0.2, 0) is 19.2 Å². The van der Waals surface area contributed by atoms with Crippen LogP contribution in [0.25, 0.3) is 0 Å². The Morgan fingerprint density at radius 3 is 2.25 bits per heavy atom. The van der Waals surface area contributed by atoms with Crippen molar-refractivity contribution >= 4 is 29.3 Å². The van der Waals surface area contributed by atoms with E-state index in [0.717, 1.165) is 30.1 Å². The molecule has 1 heterocycles. The zero-order chi connectivity index (χ0) is 29.7. The summed E-state index contributed by atoms with van der Waals surface area (Å²) in [5, 5.41) is 14.8. The normalized spacial score (nSPS) is 22.5. The number of nitriles is 1. The second kappa shape index (κ2) is 12.8. The van der Waals surface area contributed by atoms with Gasteiger partial charge in [0.15, 0.2) is 5.67 Å². The fraction of sp³-hybridized carbons (Fsp3) is 0.633. The molecule has 2 aliphatic carbocycles. The summed E-state index contributed by atoms with van der Waals surface area (Å²) in [5.74, 6) is -1.79. The number of hydrogen-bond donors (Lipinski definition) is 2. The summed E-state index contributed by atoms with van der Waals surface area (Å²) in [7, 11) is 1.41. The van der Waals surface area contributed by atoms with Crippen molar-refractivity contribution in [3.8, 4) is 6.07 Å². The highest BCUT2D eigenvalue weighted by atomic mass is 19.1. The van der Waals surface area contributed by atoms with Crippen LogP contribution in [0.15, 0.2) is 30.3 Å². The molecule has 1 aromatic carbocycles. The fourth-order valence-corrected chi connectivity index (χ4v) is 5.61. The zero-order valence-corrected chi connectivity index (χ0v) is 24.2. The van der Waals surface area contributed by atoms with Crippen LogP contribution in [0.3, 0.4) is 0 Å². The van der Waals surface area contributed by atoms with Crippen molar-refractivity contribution in [1.82, 2.24) is 15.1 Å². The molecule has 0 radical (unpaired) electrons. The molecule has 1 aliphatic heterocycles. The first-order valence-electron chi connectivity index (χ1n) is 14.1. The maximum Gasteiger partial charge on any atom is 0.258 e. The van der Waals surface area contributed by atoms with E-state index in [1.165, 1.54) is 18.9 Å². The summed E-state index contributed by atoms with van der Waals surface area (Å²) >= 11 is 0. The number of halogens is 1. The third-order valence-corrected chi connectivity index (χ3v) is 7.78. The fourth-order valence-electron chi connectivity index (χ4n) is 5.61. The predicted molar refractivity (Wildman–Crippen MR) is 149 cm³/mol. The van der Waals surface area contributed by atoms with Crippen molar-refractivity contribution in [3.05, 3.63) is 30.3 Å². The second-order valence-electron chi connectivity index (χ2n) is 12.3. The molecule has 1 saturated heterocycles. The molecule has 0 aromatic heterocycles. The van der Waals surface area contributed by atoms with Crippen molar-refractivity contribution in [2.24, 2.45) is 17.3 Å². The van der Waals surface area contributed by atoms with E-state index in [4.69, 9.17) is 0 Å². The molecule has 40 heavy (non-hydrogen) atoms. The van der Waals surface area contributed by atoms with Crippen molar-refractivity contribution in [3.63, 3.8) is 0 Å². The van der Waals surface area contributed by atoms with Crippen LogP contribution in [0.1, 0.15) is 66.2 Å². The topological polar surface area (TPSA) is 123 Å². The molecule has 1 spiro atoms. The summed E-state index contributed by atoms with van der Waals surface area (Å²) in [4.78, 5) is 53.3. The molecule has 2 saturated carbocycles. The molecular formula is C30H42FN5O4. The molecular weight excluding hydrogens is 513 g/mol. The summed E-state index contributed by atoms with van der Waals surface area (Å²) in [5.41, 5.74) is -1.35. The van der Waals surface area contributed by atoms with Gasteiger partial charge in [-0.15, -0.1) is 0 Å². The number of nitrogens with zero attached hydrogens (tertiary/aromatic N) is 3. The lowest BCUT2D eigenvalue weighted by Gasteiger charge is -2.56. The largest absolute Gasteiger partial charge is 0.342 e. The molecule has 9 nitrogen and oxygen atoms in total. The van der Waals surface area contributed by atoms with E-state index in [0.29, 0.717) is 5.69 Å². The molecule has 4 rings (SSSR count). The monoisotopic (exact) mass is 555 g/mol. The molecule has 3 aliphatic rings. The Labute approximate surface area is 236 Å². The molecule has 3 fully saturated rings. The first-order valence-corrected chi connectivity index (χ1v) is 14.1. The SMILES string of the molecule is CC(C)C.CC(NC(=O)C1(F)CC2(CCC2)C1)C(=O)N(C)CC(=O)N1CC(C(=O)Nc2ccccc2)CC1C#N. The average Bonchev–Trinajstić information content (AvgIpc) is 3.30. The summed E-state index contributed by atoms with van der Waals surface area (Å²) in [6.07, 6.45) is 3.55. The van der Waals surface area contributed by atoms with Gasteiger partial charge < -0.3 is 20.4 Å². The number of anilines is 1. The van der Waals surface area contributed by atoms with Gasteiger partial charge in [-0.3, -0.25) is 19.2 Å². The number of rotatable bonds is 7. The van der Waals surface area contributed by atoms with Gasteiger partial charge in [0.1, 0.15) is 12.1 Å². The van der Waals surface area contributed by atoms with Gasteiger partial charge in [-0.1, -0.05) is 45.4 Å². The van der Waals surface area contributed by atoms with Gasteiger partial charge in [0.25, 0.3) is 5.91 Å². The maximum atomic E-state index is 14.9. The van der Waals surface area contributed by atoms with Crippen LogP contribution < -0.4 is 10.6 Å². The standard InChI is InChI=1S/C26H32FN5O4.C4H10/c1-17(29-24(36)26(27)15-25(16-26)9-6-10-25)23(35)31(2)14-21(33)32-13-18(11-20(32)12-28)22(34)30-19-7-4-3-5-8-19;1-4(2)3/h3-5,7-8,17-18,20H,6,9-11,13-16H2,1-2H3,(H,29,36)(H,30,34);4H,1-3H3. The zero-order valence-electron chi connectivity index (χ0n) is 24.2. The Bertz CT molecular complexity index is 1120. The first-order chi connectivity index (χ1) is 18.8. The number of nitrogens with one attached hydrogen (secondary N) is 2. The third kappa shape index (κ3) is 7.38. The highest BCUT2D eigenvalue weighted by molar-refractivity contribution is 5.95. The number of likely N-dealkylation sites (tertiary alicyclic amines) is 1. The minimum Gasteiger partial charge on any atom is -0.342 e. The molecule has 10 heteroatoms. The van der Waals surface area contributed by atoms with E-state index in [2.05, 4.69) is 37.5 Å². The Hall–Kier alpha value is -3.48. The quantitative estimate of drug-likeness (QED) is 0.532. The Morgan fingerprint density at radius 2 is 1.73 bits per heavy atom. The number of alkyl halides is 1. The first kappa shape index (κ1) is 31.1. The lowest BCUT2D eigenvalue weighted by molar-refractivity contribution is -0.163. The number of hydrogen-bond acceptors (Lipinski definition) is 5. The van der Waals surface area contributed by atoms with E-state index < -0.39 is 41.4 Å². The van der Waals surface area contributed by atoms with Gasteiger partial charge >= 0.3 is 0 Å². The minimum atomic E-state index is -1.94.